The predicted octanol–water partition coefficient (Wildman–Crippen LogP) is 5.16. The number of hydrogen-bond acceptors (Lipinski definition) is 4. The van der Waals surface area contributed by atoms with Crippen molar-refractivity contribution in [1.29, 1.82) is 0 Å². The molecule has 0 bridgehead atoms. The number of para-hydroxylation sites is 1. The number of pyridine rings is 1. The van der Waals surface area contributed by atoms with Gasteiger partial charge in [-0.3, -0.25) is 9.59 Å². The van der Waals surface area contributed by atoms with E-state index in [1.165, 1.54) is 10.5 Å². The molecule has 2 amide bonds. The number of amides is 2. The highest BCUT2D eigenvalue weighted by atomic mass is 32.1. The van der Waals surface area contributed by atoms with Crippen LogP contribution in [0, 0.1) is 5.92 Å². The van der Waals surface area contributed by atoms with E-state index in [1.54, 1.807) is 18.3 Å². The second kappa shape index (κ2) is 9.48. The molecule has 0 radical (unpaired) electrons. The summed E-state index contributed by atoms with van der Waals surface area (Å²) in [6.45, 7) is 3.71. The number of aromatic nitrogens is 1. The van der Waals surface area contributed by atoms with Crippen LogP contribution in [0.1, 0.15) is 59.1 Å². The number of nitrogens with zero attached hydrogens (tertiary/aromatic N) is 2. The van der Waals surface area contributed by atoms with Gasteiger partial charge in [0, 0.05) is 36.8 Å². The number of benzene rings is 1. The van der Waals surface area contributed by atoms with Gasteiger partial charge >= 0.3 is 0 Å². The zero-order valence-electron chi connectivity index (χ0n) is 19.0. The average Bonchev–Trinajstić information content (AvgIpc) is 3.35. The smallest absolute Gasteiger partial charge is 0.254 e. The summed E-state index contributed by atoms with van der Waals surface area (Å²) in [6, 6.07) is 12.2. The minimum absolute atomic E-state index is 0.00907. The second-order valence-corrected chi connectivity index (χ2v) is 10.0. The van der Waals surface area contributed by atoms with E-state index in [0.29, 0.717) is 12.5 Å². The highest BCUT2D eigenvalue weighted by Gasteiger charge is 2.30. The quantitative estimate of drug-likeness (QED) is 0.586. The van der Waals surface area contributed by atoms with Crippen molar-refractivity contribution >= 4 is 45.7 Å². The minimum atomic E-state index is 0.00907. The molecule has 3 aromatic rings. The van der Waals surface area contributed by atoms with Crippen LogP contribution < -0.4 is 5.32 Å². The Hall–Kier alpha value is -2.99. The second-order valence-electron chi connectivity index (χ2n) is 9.04. The van der Waals surface area contributed by atoms with E-state index in [0.717, 1.165) is 72.9 Å². The van der Waals surface area contributed by atoms with Gasteiger partial charge in [-0.05, 0) is 72.7 Å². The molecule has 1 aliphatic carbocycles. The minimum Gasteiger partial charge on any atom is -0.356 e. The molecule has 1 aromatic carbocycles. The molecule has 1 saturated heterocycles. The molecule has 170 valence electrons. The molecule has 0 saturated carbocycles. The first-order valence-corrected chi connectivity index (χ1v) is 12.7. The monoisotopic (exact) mass is 459 g/mol. The lowest BCUT2D eigenvalue weighted by molar-refractivity contribution is -0.119. The predicted molar refractivity (Wildman–Crippen MR) is 134 cm³/mol. The van der Waals surface area contributed by atoms with Crippen LogP contribution >= 0.6 is 11.3 Å². The van der Waals surface area contributed by atoms with Gasteiger partial charge < -0.3 is 10.2 Å². The summed E-state index contributed by atoms with van der Waals surface area (Å²) in [6.07, 6.45) is 6.98. The van der Waals surface area contributed by atoms with E-state index < -0.39 is 0 Å². The van der Waals surface area contributed by atoms with Gasteiger partial charge in [-0.15, -0.1) is 11.3 Å². The van der Waals surface area contributed by atoms with Crippen LogP contribution in [0.4, 0.5) is 0 Å². The lowest BCUT2D eigenvalue weighted by Crippen LogP contribution is -2.41. The lowest BCUT2D eigenvalue weighted by atomic mass is 9.85. The molecule has 2 aliphatic rings. The molecule has 33 heavy (non-hydrogen) atoms. The Balaban J connectivity index is 1.49. The number of carbonyl (C=O) groups is 2. The molecule has 2 aromatic heterocycles. The number of rotatable bonds is 4. The zero-order chi connectivity index (χ0) is 22.8. The van der Waals surface area contributed by atoms with E-state index in [4.69, 9.17) is 4.98 Å². The third-order valence-corrected chi connectivity index (χ3v) is 7.60. The van der Waals surface area contributed by atoms with Crippen LogP contribution in [0.25, 0.3) is 22.6 Å². The molecule has 5 rings (SSSR count). The third kappa shape index (κ3) is 4.58. The Morgan fingerprint density at radius 3 is 2.73 bits per heavy atom. The van der Waals surface area contributed by atoms with Crippen molar-refractivity contribution in [3.05, 3.63) is 63.5 Å². The SMILES string of the molecule is CC(=O)NCC1CCN(C(=O)c2c3c(nc4ccccc24)C(=Cc2cccs2)CCC3)CC1. The molecule has 6 heteroatoms. The van der Waals surface area contributed by atoms with Gasteiger partial charge in [0.1, 0.15) is 0 Å². The molecule has 0 spiro atoms. The van der Waals surface area contributed by atoms with Crippen LogP contribution in [0.2, 0.25) is 0 Å². The van der Waals surface area contributed by atoms with Gasteiger partial charge in [0.15, 0.2) is 0 Å². The van der Waals surface area contributed by atoms with Crippen LogP contribution in [0.5, 0.6) is 0 Å². The first-order valence-electron chi connectivity index (χ1n) is 11.8. The first kappa shape index (κ1) is 21.8. The Morgan fingerprint density at radius 2 is 1.97 bits per heavy atom. The Kier molecular flexibility index (Phi) is 6.27. The number of hydrogen-bond donors (Lipinski definition) is 1. The topological polar surface area (TPSA) is 62.3 Å². The standard InChI is InChI=1S/C27H29N3O2S/c1-18(31)28-17-19-11-13-30(14-12-19)27(32)25-22-8-2-3-10-24(22)29-26-20(6-4-9-23(25)26)16-21-7-5-15-33-21/h2-3,5,7-8,10,15-16,19H,4,6,9,11-14,17H2,1H3,(H,28,31). The van der Waals surface area contributed by atoms with E-state index in [9.17, 15) is 9.59 Å². The van der Waals surface area contributed by atoms with Crippen molar-refractivity contribution < 1.29 is 9.59 Å². The third-order valence-electron chi connectivity index (χ3n) is 6.79. The van der Waals surface area contributed by atoms with Crippen LogP contribution in [-0.2, 0) is 11.2 Å². The van der Waals surface area contributed by atoms with Crippen molar-refractivity contribution in [2.45, 2.75) is 39.0 Å². The van der Waals surface area contributed by atoms with E-state index in [1.807, 2.05) is 29.2 Å². The summed E-state index contributed by atoms with van der Waals surface area (Å²) in [5, 5.41) is 5.97. The average molecular weight is 460 g/mol. The van der Waals surface area contributed by atoms with E-state index in [-0.39, 0.29) is 11.8 Å². The summed E-state index contributed by atoms with van der Waals surface area (Å²) < 4.78 is 0. The Labute approximate surface area is 198 Å². The van der Waals surface area contributed by atoms with Gasteiger partial charge in [-0.2, -0.15) is 0 Å². The molecule has 1 aliphatic heterocycles. The molecule has 3 heterocycles. The van der Waals surface area contributed by atoms with Crippen molar-refractivity contribution in [3.63, 3.8) is 0 Å². The van der Waals surface area contributed by atoms with Crippen LogP contribution in [-0.4, -0.2) is 41.3 Å². The van der Waals surface area contributed by atoms with Gasteiger partial charge in [-0.1, -0.05) is 24.3 Å². The number of allylic oxidation sites excluding steroid dienone is 1. The molecule has 1 fully saturated rings. The summed E-state index contributed by atoms with van der Waals surface area (Å²) in [5.74, 6) is 0.566. The zero-order valence-corrected chi connectivity index (χ0v) is 19.8. The molecule has 0 atom stereocenters. The molecular formula is C27H29N3O2S. The van der Waals surface area contributed by atoms with Crippen molar-refractivity contribution in [3.8, 4) is 0 Å². The van der Waals surface area contributed by atoms with Gasteiger partial charge in [0.25, 0.3) is 5.91 Å². The fourth-order valence-electron chi connectivity index (χ4n) is 5.05. The maximum atomic E-state index is 13.9. The number of likely N-dealkylation sites (tertiary alicyclic amines) is 1. The summed E-state index contributed by atoms with van der Waals surface area (Å²) in [5.41, 5.74) is 5.06. The number of piperidine rings is 1. The number of fused-ring (bicyclic) bond motifs is 2. The molecule has 0 unspecified atom stereocenters. The van der Waals surface area contributed by atoms with Crippen LogP contribution in [0.15, 0.2) is 41.8 Å². The molecule has 5 nitrogen and oxygen atoms in total. The largest absolute Gasteiger partial charge is 0.356 e. The summed E-state index contributed by atoms with van der Waals surface area (Å²) >= 11 is 1.73. The highest BCUT2D eigenvalue weighted by molar-refractivity contribution is 7.10. The van der Waals surface area contributed by atoms with Crippen LogP contribution in [0.3, 0.4) is 0 Å². The fourth-order valence-corrected chi connectivity index (χ4v) is 5.73. The Morgan fingerprint density at radius 1 is 1.15 bits per heavy atom. The van der Waals surface area contributed by atoms with Gasteiger partial charge in [0.2, 0.25) is 5.91 Å². The molecule has 1 N–H and O–H groups in total. The maximum Gasteiger partial charge on any atom is 0.254 e. The number of nitrogens with one attached hydrogen (secondary N) is 1. The van der Waals surface area contributed by atoms with Crippen molar-refractivity contribution in [1.82, 2.24) is 15.2 Å². The summed E-state index contributed by atoms with van der Waals surface area (Å²) in [7, 11) is 0. The maximum absolute atomic E-state index is 13.9. The number of thiophene rings is 1. The lowest BCUT2D eigenvalue weighted by Gasteiger charge is -2.33. The first-order chi connectivity index (χ1) is 16.1. The molecular weight excluding hydrogens is 430 g/mol. The van der Waals surface area contributed by atoms with Gasteiger partial charge in [-0.25, -0.2) is 4.98 Å². The highest BCUT2D eigenvalue weighted by Crippen LogP contribution is 2.37. The fraction of sp³-hybridized carbons (Fsp3) is 0.370. The Bertz CT molecular complexity index is 1210. The van der Waals surface area contributed by atoms with E-state index in [2.05, 4.69) is 28.9 Å². The summed E-state index contributed by atoms with van der Waals surface area (Å²) in [4.78, 5) is 33.4. The van der Waals surface area contributed by atoms with Crippen molar-refractivity contribution in [2.24, 2.45) is 5.92 Å². The number of carbonyl (C=O) groups excluding carboxylic acids is 2. The normalized spacial score (nSPS) is 17.8. The van der Waals surface area contributed by atoms with Crippen molar-refractivity contribution in [2.75, 3.05) is 19.6 Å². The van der Waals surface area contributed by atoms with E-state index >= 15 is 0 Å². The van der Waals surface area contributed by atoms with Gasteiger partial charge in [0.05, 0.1) is 16.8 Å².